The maximum atomic E-state index is 13.8. The highest BCUT2D eigenvalue weighted by Crippen LogP contribution is 2.21. The number of benzene rings is 1. The molecule has 1 aliphatic heterocycles. The zero-order valence-corrected chi connectivity index (χ0v) is 15.5. The van der Waals surface area contributed by atoms with Gasteiger partial charge in [0.15, 0.2) is 0 Å². The fourth-order valence-electron chi connectivity index (χ4n) is 2.70. The Morgan fingerprint density at radius 2 is 1.88 bits per heavy atom. The summed E-state index contributed by atoms with van der Waals surface area (Å²) in [5, 5.41) is 2.64. The van der Waals surface area contributed by atoms with E-state index in [1.54, 1.807) is 18.2 Å². The molecule has 0 spiro atoms. The Labute approximate surface area is 153 Å². The third-order valence-electron chi connectivity index (χ3n) is 4.05. The van der Waals surface area contributed by atoms with Gasteiger partial charge in [-0.1, -0.05) is 12.1 Å². The zero-order chi connectivity index (χ0) is 18.3. The van der Waals surface area contributed by atoms with E-state index in [1.807, 2.05) is 4.90 Å². The van der Waals surface area contributed by atoms with Crippen molar-refractivity contribution in [2.75, 3.05) is 49.3 Å². The van der Waals surface area contributed by atoms with Crippen molar-refractivity contribution in [2.24, 2.45) is 0 Å². The van der Waals surface area contributed by atoms with Crippen LogP contribution in [0.15, 0.2) is 24.3 Å². The number of amides is 1. The second kappa shape index (κ2) is 9.35. The van der Waals surface area contributed by atoms with Crippen molar-refractivity contribution in [2.45, 2.75) is 12.8 Å². The van der Waals surface area contributed by atoms with Crippen LogP contribution < -0.4 is 10.2 Å². The number of alkyl halides is 1. The number of nitrogens with one attached hydrogen (secondary N) is 1. The summed E-state index contributed by atoms with van der Waals surface area (Å²) in [5.74, 6) is -0.248. The zero-order valence-electron chi connectivity index (χ0n) is 14.0. The second-order valence-electron chi connectivity index (χ2n) is 5.80. The number of halogens is 2. The molecule has 1 amide bonds. The molecule has 0 aromatic heterocycles. The summed E-state index contributed by atoms with van der Waals surface area (Å²) in [7, 11) is -3.37. The van der Waals surface area contributed by atoms with Crippen LogP contribution in [0.5, 0.6) is 0 Å². The molecule has 1 heterocycles. The molecular weight excluding hydrogens is 369 g/mol. The lowest BCUT2D eigenvalue weighted by Crippen LogP contribution is -2.49. The molecule has 1 saturated heterocycles. The van der Waals surface area contributed by atoms with E-state index in [9.17, 15) is 17.6 Å². The van der Waals surface area contributed by atoms with Crippen LogP contribution in [0, 0.1) is 5.82 Å². The van der Waals surface area contributed by atoms with Crippen LogP contribution >= 0.6 is 11.6 Å². The molecule has 1 aromatic rings. The molecule has 140 valence electrons. The van der Waals surface area contributed by atoms with E-state index in [0.29, 0.717) is 44.8 Å². The number of para-hydroxylation sites is 1. The van der Waals surface area contributed by atoms with Crippen molar-refractivity contribution in [1.82, 2.24) is 9.62 Å². The predicted octanol–water partition coefficient (Wildman–Crippen LogP) is 1.41. The monoisotopic (exact) mass is 391 g/mol. The van der Waals surface area contributed by atoms with Crippen molar-refractivity contribution in [3.8, 4) is 0 Å². The van der Waals surface area contributed by atoms with Gasteiger partial charge in [0.25, 0.3) is 0 Å². The van der Waals surface area contributed by atoms with Gasteiger partial charge in [0.1, 0.15) is 5.82 Å². The summed E-state index contributed by atoms with van der Waals surface area (Å²) in [6.45, 7) is 1.87. The van der Waals surface area contributed by atoms with E-state index < -0.39 is 10.0 Å². The Hall–Kier alpha value is -1.38. The van der Waals surface area contributed by atoms with Crippen LogP contribution in [-0.4, -0.2) is 63.0 Å². The fourth-order valence-corrected chi connectivity index (χ4v) is 4.36. The fraction of sp³-hybridized carbons (Fsp3) is 0.562. The van der Waals surface area contributed by atoms with E-state index in [-0.39, 0.29) is 29.8 Å². The largest absolute Gasteiger partial charge is 0.367 e. The van der Waals surface area contributed by atoms with Gasteiger partial charge in [-0.25, -0.2) is 12.8 Å². The first-order valence-corrected chi connectivity index (χ1v) is 10.4. The smallest absolute Gasteiger partial charge is 0.221 e. The number of carbonyl (C=O) groups excluding carboxylic acids is 1. The molecule has 1 aromatic carbocycles. The number of carbonyl (C=O) groups is 1. The molecule has 1 aliphatic rings. The molecule has 2 rings (SSSR count). The molecule has 0 atom stereocenters. The topological polar surface area (TPSA) is 69.7 Å². The number of nitrogens with zero attached hydrogens (tertiary/aromatic N) is 2. The first-order valence-electron chi connectivity index (χ1n) is 8.24. The predicted molar refractivity (Wildman–Crippen MR) is 96.9 cm³/mol. The van der Waals surface area contributed by atoms with Gasteiger partial charge in [-0.05, 0) is 18.6 Å². The highest BCUT2D eigenvalue weighted by Gasteiger charge is 2.27. The summed E-state index contributed by atoms with van der Waals surface area (Å²) in [4.78, 5) is 13.1. The highest BCUT2D eigenvalue weighted by molar-refractivity contribution is 7.89. The molecule has 0 aliphatic carbocycles. The minimum Gasteiger partial charge on any atom is -0.367 e. The Bertz CT molecular complexity index is 679. The number of anilines is 1. The van der Waals surface area contributed by atoms with Crippen LogP contribution in [-0.2, 0) is 14.8 Å². The van der Waals surface area contributed by atoms with Gasteiger partial charge in [0.2, 0.25) is 15.9 Å². The Balaban J connectivity index is 1.79. The molecular formula is C16H23ClFN3O3S. The molecule has 25 heavy (non-hydrogen) atoms. The van der Waals surface area contributed by atoms with E-state index in [2.05, 4.69) is 5.32 Å². The summed E-state index contributed by atoms with van der Waals surface area (Å²) in [6.07, 6.45) is 0.580. The summed E-state index contributed by atoms with van der Waals surface area (Å²) >= 11 is 5.46. The SMILES string of the molecule is O=C(CCCl)NCCCS(=O)(=O)N1CCN(c2ccccc2F)CC1. The van der Waals surface area contributed by atoms with E-state index in [1.165, 1.54) is 10.4 Å². The Kier molecular flexibility index (Phi) is 7.46. The van der Waals surface area contributed by atoms with Crippen LogP contribution in [0.2, 0.25) is 0 Å². The molecule has 0 unspecified atom stereocenters. The van der Waals surface area contributed by atoms with Gasteiger partial charge in [-0.2, -0.15) is 4.31 Å². The van der Waals surface area contributed by atoms with E-state index in [0.717, 1.165) is 0 Å². The summed E-state index contributed by atoms with van der Waals surface area (Å²) in [6, 6.07) is 6.49. The lowest BCUT2D eigenvalue weighted by Gasteiger charge is -2.35. The number of hydrogen-bond donors (Lipinski definition) is 1. The van der Waals surface area contributed by atoms with Gasteiger partial charge >= 0.3 is 0 Å². The number of piperazine rings is 1. The number of sulfonamides is 1. The summed E-state index contributed by atoms with van der Waals surface area (Å²) < 4.78 is 40.0. The van der Waals surface area contributed by atoms with Gasteiger partial charge in [0, 0.05) is 45.0 Å². The van der Waals surface area contributed by atoms with E-state index in [4.69, 9.17) is 11.6 Å². The van der Waals surface area contributed by atoms with Crippen LogP contribution in [0.3, 0.4) is 0 Å². The molecule has 0 radical (unpaired) electrons. The van der Waals surface area contributed by atoms with Crippen molar-refractivity contribution >= 4 is 33.2 Å². The molecule has 1 N–H and O–H groups in total. The number of rotatable bonds is 8. The van der Waals surface area contributed by atoms with Gasteiger partial charge in [-0.3, -0.25) is 4.79 Å². The molecule has 0 bridgehead atoms. The molecule has 9 heteroatoms. The Morgan fingerprint density at radius 3 is 2.52 bits per heavy atom. The van der Waals surface area contributed by atoms with Crippen LogP contribution in [0.25, 0.3) is 0 Å². The average molecular weight is 392 g/mol. The quantitative estimate of drug-likeness (QED) is 0.537. The lowest BCUT2D eigenvalue weighted by atomic mass is 10.2. The minimum absolute atomic E-state index is 0.0200. The van der Waals surface area contributed by atoms with Gasteiger partial charge in [-0.15, -0.1) is 11.6 Å². The lowest BCUT2D eigenvalue weighted by molar-refractivity contribution is -0.120. The van der Waals surface area contributed by atoms with Crippen molar-refractivity contribution < 1.29 is 17.6 Å². The first kappa shape index (κ1) is 19.9. The van der Waals surface area contributed by atoms with Crippen LogP contribution in [0.4, 0.5) is 10.1 Å². The number of hydrogen-bond acceptors (Lipinski definition) is 4. The van der Waals surface area contributed by atoms with E-state index >= 15 is 0 Å². The maximum Gasteiger partial charge on any atom is 0.221 e. The van der Waals surface area contributed by atoms with Crippen molar-refractivity contribution in [3.63, 3.8) is 0 Å². The third-order valence-corrected chi connectivity index (χ3v) is 6.19. The molecule has 0 saturated carbocycles. The summed E-state index contributed by atoms with van der Waals surface area (Å²) in [5.41, 5.74) is 0.501. The third kappa shape index (κ3) is 5.83. The molecule has 1 fully saturated rings. The Morgan fingerprint density at radius 1 is 1.20 bits per heavy atom. The van der Waals surface area contributed by atoms with Crippen molar-refractivity contribution in [1.29, 1.82) is 0 Å². The van der Waals surface area contributed by atoms with Crippen molar-refractivity contribution in [3.05, 3.63) is 30.1 Å². The standard InChI is InChI=1S/C16H23ClFN3O3S/c17-7-6-16(22)19-8-3-13-25(23,24)21-11-9-20(10-12-21)15-5-2-1-4-14(15)18/h1-2,4-5H,3,6-13H2,(H,19,22). The second-order valence-corrected chi connectivity index (χ2v) is 8.26. The highest BCUT2D eigenvalue weighted by atomic mass is 35.5. The van der Waals surface area contributed by atoms with Gasteiger partial charge in [0.05, 0.1) is 11.4 Å². The van der Waals surface area contributed by atoms with Crippen LogP contribution in [0.1, 0.15) is 12.8 Å². The molecule has 6 nitrogen and oxygen atoms in total. The normalized spacial score (nSPS) is 16.0. The minimum atomic E-state index is -3.37. The maximum absolute atomic E-state index is 13.8. The van der Waals surface area contributed by atoms with Gasteiger partial charge < -0.3 is 10.2 Å². The average Bonchev–Trinajstić information content (AvgIpc) is 2.60. The first-order chi connectivity index (χ1) is 11.9.